The van der Waals surface area contributed by atoms with Gasteiger partial charge in [0.2, 0.25) is 0 Å². The van der Waals surface area contributed by atoms with E-state index in [0.717, 1.165) is 91.5 Å². The summed E-state index contributed by atoms with van der Waals surface area (Å²) in [4.78, 5) is 74.1. The fraction of sp³-hybridized carbons (Fsp3) is 0.493. The van der Waals surface area contributed by atoms with Crippen LogP contribution in [0.2, 0.25) is 0 Å². The molecule has 0 saturated heterocycles. The summed E-state index contributed by atoms with van der Waals surface area (Å²) in [5, 5.41) is 97.7. The van der Waals surface area contributed by atoms with Crippen LogP contribution >= 0.6 is 22.7 Å². The summed E-state index contributed by atoms with van der Waals surface area (Å²) < 4.78 is 0. The van der Waals surface area contributed by atoms with Gasteiger partial charge in [0.05, 0.1) is 36.6 Å². The molecule has 8 rings (SSSR count). The normalized spacial score (nSPS) is 20.6. The Balaban J connectivity index is 0.000000265. The zero-order chi connectivity index (χ0) is 69.0. The lowest BCUT2D eigenvalue weighted by atomic mass is 9.89. The number of aliphatic hydroxyl groups excluding tert-OH is 7. The van der Waals surface area contributed by atoms with Gasteiger partial charge in [0.1, 0.15) is 11.6 Å². The summed E-state index contributed by atoms with van der Waals surface area (Å²) in [7, 11) is 1.00. The third-order valence-electron chi connectivity index (χ3n) is 17.3. The van der Waals surface area contributed by atoms with Gasteiger partial charge in [-0.15, -0.1) is 0 Å². The Morgan fingerprint density at radius 1 is 0.574 bits per heavy atom. The van der Waals surface area contributed by atoms with E-state index in [-0.39, 0.29) is 71.0 Å². The topological polar surface area (TPSA) is 319 Å². The minimum atomic E-state index is -1.04. The average molecular weight is 1330 g/mol. The number of aromatic amines is 2. The minimum Gasteiger partial charge on any atom is -0.550 e. The molecular weight excluding hydrogens is 1230 g/mol. The van der Waals surface area contributed by atoms with E-state index in [1.807, 2.05) is 120 Å². The van der Waals surface area contributed by atoms with Crippen molar-refractivity contribution in [3.8, 4) is 0 Å². The van der Waals surface area contributed by atoms with Crippen molar-refractivity contribution in [2.24, 2.45) is 23.7 Å². The summed E-state index contributed by atoms with van der Waals surface area (Å²) >= 11 is 3.21. The van der Waals surface area contributed by atoms with E-state index in [1.54, 1.807) is 59.4 Å². The predicted molar refractivity (Wildman–Crippen MR) is 374 cm³/mol. The van der Waals surface area contributed by atoms with Gasteiger partial charge < -0.3 is 60.7 Å². The molecule has 94 heavy (non-hydrogen) atoms. The highest BCUT2D eigenvalue weighted by molar-refractivity contribution is 7.08. The van der Waals surface area contributed by atoms with Gasteiger partial charge in [-0.3, -0.25) is 24.0 Å². The molecule has 2 aromatic carbocycles. The molecule has 2 saturated carbocycles. The van der Waals surface area contributed by atoms with Crippen LogP contribution in [0.15, 0.2) is 153 Å². The minimum absolute atomic E-state index is 0.0520. The fourth-order valence-electron chi connectivity index (χ4n) is 11.6. The number of allylic oxidation sites excluding steroid dienone is 4. The molecule has 19 heteroatoms. The molecule has 0 spiro atoms. The van der Waals surface area contributed by atoms with Crippen molar-refractivity contribution in [1.29, 1.82) is 0 Å². The highest BCUT2D eigenvalue weighted by atomic mass is 32.1. The van der Waals surface area contributed by atoms with E-state index in [2.05, 4.69) is 23.8 Å². The number of pyridine rings is 2. The number of carboxylic acids is 2. The molecule has 4 aromatic heterocycles. The first-order valence-corrected chi connectivity index (χ1v) is 35.0. The first-order chi connectivity index (χ1) is 45.2. The average Bonchev–Trinajstić information content (AvgIpc) is 1.09. The number of Topliss-reactive ketones (excluding diaryl/α,β-unsaturated/α-hetero) is 2. The maximum atomic E-state index is 12.4. The van der Waals surface area contributed by atoms with Crippen LogP contribution in [0.1, 0.15) is 177 Å². The van der Waals surface area contributed by atoms with Crippen molar-refractivity contribution in [2.45, 2.75) is 205 Å². The van der Waals surface area contributed by atoms with E-state index < -0.39 is 48.6 Å². The van der Waals surface area contributed by atoms with Gasteiger partial charge in [-0.05, 0) is 161 Å². The highest BCUT2D eigenvalue weighted by Crippen LogP contribution is 2.38. The largest absolute Gasteiger partial charge is 0.550 e. The fourth-order valence-corrected chi connectivity index (χ4v) is 13.1. The van der Waals surface area contributed by atoms with Gasteiger partial charge in [-0.2, -0.15) is 22.7 Å². The Labute approximate surface area is 561 Å². The van der Waals surface area contributed by atoms with E-state index in [4.69, 9.17) is 10.2 Å². The number of aliphatic hydroxyl groups is 7. The van der Waals surface area contributed by atoms with Crippen molar-refractivity contribution in [3.05, 3.63) is 186 Å². The molecule has 0 bridgehead atoms. The van der Waals surface area contributed by atoms with Gasteiger partial charge in [0.25, 0.3) is 11.1 Å². The lowest BCUT2D eigenvalue weighted by Gasteiger charge is -2.19. The third kappa shape index (κ3) is 27.9. The Hall–Kier alpha value is -6.78. The number of fused-ring (bicyclic) bond motifs is 2. The first kappa shape index (κ1) is 79.7. The van der Waals surface area contributed by atoms with E-state index >= 15 is 0 Å². The lowest BCUT2D eigenvalue weighted by Crippen LogP contribution is -2.21. The molecule has 514 valence electrons. The number of unbranched alkanes of at least 4 members (excludes halogenated alkanes) is 6. The van der Waals surface area contributed by atoms with E-state index in [0.29, 0.717) is 75.0 Å². The number of carbonyl (C=O) groups excluding carboxylic acids is 3. The number of aromatic nitrogens is 2. The Bertz CT molecular complexity index is 3180. The molecular formula is C75H101N2O15S2-. The van der Waals surface area contributed by atoms with Crippen LogP contribution < -0.4 is 16.2 Å². The molecule has 6 aromatic rings. The van der Waals surface area contributed by atoms with Crippen molar-refractivity contribution in [1.82, 2.24) is 9.97 Å². The number of carboxylic acid groups (broad SMARTS) is 2. The molecule has 10 N–H and O–H groups in total. The standard InChI is InChI=1S/2C20H34O5.2C17H15NO2S.CH4O/c2*1-2-3-6-9-15(21)12-13-17-16(18(22)14-19(17)23)10-7-4-5-8-11-20(24)25;2*1-11(14-5-7-21-10-14)16(19)9-12-2-3-15-13(8-12)4-6-18-17(15)20;1-2/h2*4,7,12-13,15-19,21-23H,2-3,5-6,8-11,14H2,1H3,(H,24,25);2*2-8,10-11H,9H2,1H3,(H,18,20);2H,1H3/p-1/b2*7-4-,13-12+;;;/t2*15-,16+,17+,18-,19+;;;/m00.../s1. The third-order valence-corrected chi connectivity index (χ3v) is 18.7. The van der Waals surface area contributed by atoms with Crippen LogP contribution in [0.5, 0.6) is 0 Å². The van der Waals surface area contributed by atoms with Gasteiger partial charge in [-0.1, -0.05) is 139 Å². The summed E-state index contributed by atoms with van der Waals surface area (Å²) in [5.41, 5.74) is 3.83. The van der Waals surface area contributed by atoms with Crippen LogP contribution in [0.4, 0.5) is 0 Å². The number of hydrogen-bond acceptors (Lipinski definition) is 16. The van der Waals surface area contributed by atoms with Gasteiger partial charge in [0, 0.05) is 92.0 Å². The maximum absolute atomic E-state index is 12.4. The number of carbonyl (C=O) groups is 4. The van der Waals surface area contributed by atoms with Gasteiger partial charge in [0.15, 0.2) is 0 Å². The molecule has 17 nitrogen and oxygen atoms in total. The number of rotatable bonds is 32. The monoisotopic (exact) mass is 1330 g/mol. The Kier molecular flexibility index (Phi) is 37.3. The molecule has 0 amide bonds. The van der Waals surface area contributed by atoms with E-state index in [1.165, 1.54) is 0 Å². The first-order valence-electron chi connectivity index (χ1n) is 33.1. The zero-order valence-corrected chi connectivity index (χ0v) is 56.8. The van der Waals surface area contributed by atoms with Crippen LogP contribution in [0.25, 0.3) is 21.5 Å². The van der Waals surface area contributed by atoms with Crippen LogP contribution in [-0.2, 0) is 32.0 Å². The Morgan fingerprint density at radius 3 is 1.36 bits per heavy atom. The molecule has 2 unspecified atom stereocenters. The molecule has 0 radical (unpaired) electrons. The van der Waals surface area contributed by atoms with E-state index in [9.17, 15) is 64.5 Å². The molecule has 12 atom stereocenters. The number of thiophene rings is 2. The van der Waals surface area contributed by atoms with Crippen molar-refractivity contribution in [3.63, 3.8) is 0 Å². The number of hydrogen-bond donors (Lipinski definition) is 10. The smallest absolute Gasteiger partial charge is 0.303 e. The van der Waals surface area contributed by atoms with Crippen molar-refractivity contribution < 1.29 is 65.1 Å². The van der Waals surface area contributed by atoms with Crippen LogP contribution in [0.3, 0.4) is 0 Å². The van der Waals surface area contributed by atoms with Crippen molar-refractivity contribution >= 4 is 67.7 Å². The van der Waals surface area contributed by atoms with Gasteiger partial charge >= 0.3 is 5.97 Å². The summed E-state index contributed by atoms with van der Waals surface area (Å²) in [6, 6.07) is 18.8. The van der Waals surface area contributed by atoms with Crippen LogP contribution in [0, 0.1) is 23.7 Å². The zero-order valence-electron chi connectivity index (χ0n) is 55.2. The SMILES string of the molecule is CC(C(=O)Cc1ccc2c(=O)[nH]ccc2c1)c1ccsc1.CC(C(=O)Cc1ccc2c(=O)[nH]ccc2c1)c1ccsc1.CCCCC[C@H](O)/C=C/[C@@H]1[C@@H](C/C=C\CCCC(=O)O)[C@@H](O)C[C@H]1O.CCCCC[C@H](O)/C=C/[C@@H]1[C@@H](C/C=C\CCCC(=O)[O-])[C@@H](O)C[C@H]1O.CO. The number of ketones is 2. The molecule has 2 aliphatic carbocycles. The van der Waals surface area contributed by atoms with Crippen LogP contribution in [-0.4, -0.2) is 118 Å². The number of benzene rings is 2. The lowest BCUT2D eigenvalue weighted by molar-refractivity contribution is -0.305. The molecule has 4 heterocycles. The second kappa shape index (κ2) is 44.1. The highest BCUT2D eigenvalue weighted by Gasteiger charge is 2.40. The summed E-state index contributed by atoms with van der Waals surface area (Å²) in [5.74, 6) is -2.08. The molecule has 2 aliphatic rings. The van der Waals surface area contributed by atoms with Crippen molar-refractivity contribution in [2.75, 3.05) is 7.11 Å². The quantitative estimate of drug-likeness (QED) is 0.0139. The maximum Gasteiger partial charge on any atom is 0.303 e. The molecule has 0 aliphatic heterocycles. The number of H-pyrrole nitrogens is 2. The number of nitrogens with one attached hydrogen (secondary N) is 2. The second-order valence-corrected chi connectivity index (χ2v) is 25.9. The number of aliphatic carboxylic acids is 2. The summed E-state index contributed by atoms with van der Waals surface area (Å²) in [6.45, 7) is 8.12. The second-order valence-electron chi connectivity index (χ2n) is 24.4. The predicted octanol–water partition coefficient (Wildman–Crippen LogP) is 11.4. The van der Waals surface area contributed by atoms with Gasteiger partial charge in [-0.25, -0.2) is 0 Å². The Morgan fingerprint density at radius 2 is 0.989 bits per heavy atom. The molecule has 2 fully saturated rings. The summed E-state index contributed by atoms with van der Waals surface area (Å²) in [6.07, 6.45) is 28.3.